The molecule has 142 valence electrons. The number of aromatic nitrogens is 1. The molecule has 0 amide bonds. The molecule has 3 aromatic rings. The molecule has 0 N–H and O–H groups in total. The number of carbonyl (C=O) groups excluding carboxylic acids is 1. The summed E-state index contributed by atoms with van der Waals surface area (Å²) in [6, 6.07) is 10.6. The largest absolute Gasteiger partial charge is 0.466 e. The molecule has 8 heteroatoms. The van der Waals surface area contributed by atoms with Crippen molar-refractivity contribution < 1.29 is 9.53 Å². The maximum atomic E-state index is 13.3. The summed E-state index contributed by atoms with van der Waals surface area (Å²) in [6.07, 6.45) is 1.76. The number of thiazole rings is 1. The first-order valence-electron chi connectivity index (χ1n) is 8.40. The van der Waals surface area contributed by atoms with Gasteiger partial charge in [-0.3, -0.25) is 9.36 Å². The number of esters is 1. The molecule has 28 heavy (non-hydrogen) atoms. The van der Waals surface area contributed by atoms with Gasteiger partial charge in [0, 0.05) is 9.90 Å². The smallest absolute Gasteiger partial charge is 0.338 e. The van der Waals surface area contributed by atoms with Gasteiger partial charge < -0.3 is 4.74 Å². The Bertz CT molecular complexity index is 1270. The van der Waals surface area contributed by atoms with Gasteiger partial charge in [0.1, 0.15) is 6.04 Å². The lowest BCUT2D eigenvalue weighted by atomic mass is 10.0. The minimum atomic E-state index is -0.558. The van der Waals surface area contributed by atoms with E-state index in [2.05, 4.69) is 4.99 Å². The van der Waals surface area contributed by atoms with Crippen molar-refractivity contribution in [1.29, 1.82) is 0 Å². The quantitative estimate of drug-likeness (QED) is 0.600. The van der Waals surface area contributed by atoms with Crippen LogP contribution in [0.4, 0.5) is 0 Å². The van der Waals surface area contributed by atoms with Crippen LogP contribution in [0, 0.1) is 0 Å². The zero-order valence-corrected chi connectivity index (χ0v) is 17.4. The maximum Gasteiger partial charge on any atom is 0.338 e. The summed E-state index contributed by atoms with van der Waals surface area (Å²) >= 11 is 9.00. The number of nitrogens with zero attached hydrogens (tertiary/aromatic N) is 2. The van der Waals surface area contributed by atoms with Crippen LogP contribution >= 0.6 is 34.3 Å². The van der Waals surface area contributed by atoms with E-state index in [0.29, 0.717) is 25.6 Å². The monoisotopic (exact) mass is 430 g/mol. The summed E-state index contributed by atoms with van der Waals surface area (Å²) in [5.41, 5.74) is 1.47. The van der Waals surface area contributed by atoms with Crippen LogP contribution in [-0.2, 0) is 9.53 Å². The Hall–Kier alpha value is -2.48. The fourth-order valence-corrected chi connectivity index (χ4v) is 5.19. The van der Waals surface area contributed by atoms with E-state index in [1.165, 1.54) is 29.8 Å². The molecule has 0 saturated heterocycles. The number of hydrogen-bond donors (Lipinski definition) is 0. The number of fused-ring (bicyclic) bond motifs is 1. The molecular weight excluding hydrogens is 416 g/mol. The highest BCUT2D eigenvalue weighted by Gasteiger charge is 2.33. The van der Waals surface area contributed by atoms with Gasteiger partial charge in [0.25, 0.3) is 5.56 Å². The SMILES string of the molecule is COC(=O)C1=C(C)N=c2s/c(=C\c3ccccc3Cl)c(=O)n2[C@H]1c1cccs1. The summed E-state index contributed by atoms with van der Waals surface area (Å²) in [5, 5.41) is 2.48. The fourth-order valence-electron chi connectivity index (χ4n) is 3.14. The average molecular weight is 431 g/mol. The Balaban J connectivity index is 1.99. The second-order valence-electron chi connectivity index (χ2n) is 6.11. The summed E-state index contributed by atoms with van der Waals surface area (Å²) in [7, 11) is 1.33. The number of carbonyl (C=O) groups is 1. The first kappa shape index (κ1) is 18.9. The minimum Gasteiger partial charge on any atom is -0.466 e. The normalized spacial score (nSPS) is 16.7. The van der Waals surface area contributed by atoms with Crippen LogP contribution < -0.4 is 14.9 Å². The number of methoxy groups -OCH3 is 1. The van der Waals surface area contributed by atoms with Crippen molar-refractivity contribution >= 4 is 46.3 Å². The Morgan fingerprint density at radius 3 is 2.75 bits per heavy atom. The third kappa shape index (κ3) is 3.15. The van der Waals surface area contributed by atoms with Crippen molar-refractivity contribution in [2.24, 2.45) is 4.99 Å². The number of rotatable bonds is 3. The van der Waals surface area contributed by atoms with Crippen molar-refractivity contribution in [3.8, 4) is 0 Å². The summed E-state index contributed by atoms with van der Waals surface area (Å²) < 4.78 is 7.05. The first-order chi connectivity index (χ1) is 13.5. The Labute approximate surface area is 173 Å². The molecule has 4 rings (SSSR count). The van der Waals surface area contributed by atoms with Gasteiger partial charge in [0.2, 0.25) is 0 Å². The molecule has 0 aliphatic carbocycles. The van der Waals surface area contributed by atoms with E-state index in [9.17, 15) is 9.59 Å². The summed E-state index contributed by atoms with van der Waals surface area (Å²) in [4.78, 5) is 31.7. The average Bonchev–Trinajstić information content (AvgIpc) is 3.31. The molecule has 1 aromatic carbocycles. The molecule has 0 saturated carbocycles. The van der Waals surface area contributed by atoms with Crippen LogP contribution in [0.2, 0.25) is 5.02 Å². The van der Waals surface area contributed by atoms with Gasteiger partial charge in [-0.05, 0) is 36.1 Å². The highest BCUT2D eigenvalue weighted by molar-refractivity contribution is 7.10. The van der Waals surface area contributed by atoms with Crippen molar-refractivity contribution in [3.05, 3.63) is 88.2 Å². The standard InChI is InChI=1S/C20H15ClN2O3S2/c1-11-16(19(25)26-2)17(14-8-5-9-27-14)23-18(24)15(28-20(23)22-11)10-12-6-3-4-7-13(12)21/h3-10,17H,1-2H3/b15-10-/t17-/m0/s1. The van der Waals surface area contributed by atoms with Crippen LogP contribution in [0.15, 0.2) is 62.8 Å². The van der Waals surface area contributed by atoms with Gasteiger partial charge in [0.05, 0.1) is 22.9 Å². The third-order valence-corrected chi connectivity index (χ3v) is 6.68. The number of benzene rings is 1. The zero-order valence-electron chi connectivity index (χ0n) is 15.0. The molecule has 0 fully saturated rings. The van der Waals surface area contributed by atoms with Crippen molar-refractivity contribution in [3.63, 3.8) is 0 Å². The molecule has 1 aliphatic heterocycles. The Morgan fingerprint density at radius 2 is 2.07 bits per heavy atom. The Morgan fingerprint density at radius 1 is 1.29 bits per heavy atom. The van der Waals surface area contributed by atoms with Crippen molar-refractivity contribution in [1.82, 2.24) is 4.57 Å². The fraction of sp³-hybridized carbons (Fsp3) is 0.150. The summed E-state index contributed by atoms with van der Waals surface area (Å²) in [5.74, 6) is -0.486. The van der Waals surface area contributed by atoms with E-state index in [4.69, 9.17) is 16.3 Å². The second-order valence-corrected chi connectivity index (χ2v) is 8.51. The predicted molar refractivity (Wildman–Crippen MR) is 112 cm³/mol. The summed E-state index contributed by atoms with van der Waals surface area (Å²) in [6.45, 7) is 1.76. The topological polar surface area (TPSA) is 60.7 Å². The molecule has 5 nitrogen and oxygen atoms in total. The molecule has 0 unspecified atom stereocenters. The number of halogens is 1. The van der Waals surface area contributed by atoms with Crippen molar-refractivity contribution in [2.75, 3.05) is 7.11 Å². The van der Waals surface area contributed by atoms with Crippen LogP contribution in [0.5, 0.6) is 0 Å². The van der Waals surface area contributed by atoms with Gasteiger partial charge in [-0.2, -0.15) is 0 Å². The number of ether oxygens (including phenoxy) is 1. The third-order valence-electron chi connectivity index (χ3n) is 4.43. The lowest BCUT2D eigenvalue weighted by molar-refractivity contribution is -0.136. The lowest BCUT2D eigenvalue weighted by Crippen LogP contribution is -2.39. The minimum absolute atomic E-state index is 0.212. The van der Waals surface area contributed by atoms with E-state index >= 15 is 0 Å². The molecular formula is C20H15ClN2O3S2. The van der Waals surface area contributed by atoms with Gasteiger partial charge >= 0.3 is 5.97 Å². The predicted octanol–water partition coefficient (Wildman–Crippen LogP) is 3.12. The van der Waals surface area contributed by atoms with Crippen LogP contribution in [0.25, 0.3) is 6.08 Å². The number of thiophene rings is 1. The molecule has 0 radical (unpaired) electrons. The van der Waals surface area contributed by atoms with Gasteiger partial charge in [-0.15, -0.1) is 11.3 Å². The first-order valence-corrected chi connectivity index (χ1v) is 10.5. The van der Waals surface area contributed by atoms with E-state index < -0.39 is 12.0 Å². The van der Waals surface area contributed by atoms with Gasteiger partial charge in [-0.25, -0.2) is 9.79 Å². The zero-order chi connectivity index (χ0) is 19.8. The van der Waals surface area contributed by atoms with Crippen molar-refractivity contribution in [2.45, 2.75) is 13.0 Å². The molecule has 1 aliphatic rings. The molecule has 0 spiro atoms. The Kier molecular flexibility index (Phi) is 5.05. The number of hydrogen-bond acceptors (Lipinski definition) is 6. The highest BCUT2D eigenvalue weighted by atomic mass is 35.5. The van der Waals surface area contributed by atoms with E-state index in [0.717, 1.165) is 10.4 Å². The van der Waals surface area contributed by atoms with E-state index in [1.54, 1.807) is 23.6 Å². The molecule has 1 atom stereocenters. The van der Waals surface area contributed by atoms with E-state index in [1.807, 2.05) is 35.7 Å². The molecule has 3 heterocycles. The highest BCUT2D eigenvalue weighted by Crippen LogP contribution is 2.32. The van der Waals surface area contributed by atoms with Gasteiger partial charge in [0.15, 0.2) is 4.80 Å². The molecule has 0 bridgehead atoms. The maximum absolute atomic E-state index is 13.3. The lowest BCUT2D eigenvalue weighted by Gasteiger charge is -2.22. The van der Waals surface area contributed by atoms with Crippen LogP contribution in [-0.4, -0.2) is 17.6 Å². The van der Waals surface area contributed by atoms with Crippen LogP contribution in [0.1, 0.15) is 23.4 Å². The number of allylic oxidation sites excluding steroid dienone is 1. The van der Waals surface area contributed by atoms with E-state index in [-0.39, 0.29) is 5.56 Å². The second kappa shape index (κ2) is 7.50. The molecule has 2 aromatic heterocycles. The van der Waals surface area contributed by atoms with Gasteiger partial charge in [-0.1, -0.05) is 47.2 Å². The van der Waals surface area contributed by atoms with Crippen LogP contribution in [0.3, 0.4) is 0 Å².